The minimum absolute atomic E-state index is 0.0829. The van der Waals surface area contributed by atoms with Crippen LogP contribution in [0.25, 0.3) is 17.1 Å². The van der Waals surface area contributed by atoms with Crippen LogP contribution < -0.4 is 5.32 Å². The molecule has 0 aliphatic carbocycles. The molecule has 1 aliphatic heterocycles. The molecule has 0 spiro atoms. The normalized spacial score (nSPS) is 14.1. The fourth-order valence-electron chi connectivity index (χ4n) is 4.11. The van der Waals surface area contributed by atoms with E-state index in [1.807, 2.05) is 41.0 Å². The molecule has 1 aromatic heterocycles. The van der Waals surface area contributed by atoms with E-state index in [2.05, 4.69) is 15.5 Å². The molecule has 3 aromatic carbocycles. The van der Waals surface area contributed by atoms with E-state index in [4.69, 9.17) is 11.6 Å². The number of amides is 1. The number of nitrogens with zero attached hydrogens (tertiary/aromatic N) is 4. The molecule has 37 heavy (non-hydrogen) atoms. The van der Waals surface area contributed by atoms with Crippen LogP contribution in [-0.2, 0) is 14.8 Å². The number of hydrogen-bond acceptors (Lipinski definition) is 6. The molecule has 1 N–H and O–H groups in total. The predicted molar refractivity (Wildman–Crippen MR) is 146 cm³/mol. The molecule has 0 saturated carbocycles. The van der Waals surface area contributed by atoms with Gasteiger partial charge in [0.15, 0.2) is 11.0 Å². The first-order chi connectivity index (χ1) is 17.9. The quantitative estimate of drug-likeness (QED) is 0.305. The monoisotopic (exact) mass is 553 g/mol. The predicted octanol–water partition coefficient (Wildman–Crippen LogP) is 5.10. The van der Waals surface area contributed by atoms with E-state index in [9.17, 15) is 13.2 Å². The van der Waals surface area contributed by atoms with E-state index >= 15 is 0 Å². The van der Waals surface area contributed by atoms with Crippen molar-refractivity contribution in [1.82, 2.24) is 19.1 Å². The first kappa shape index (κ1) is 25.5. The average molecular weight is 554 g/mol. The Labute approximate surface area is 224 Å². The van der Waals surface area contributed by atoms with Crippen LogP contribution in [0, 0.1) is 0 Å². The lowest BCUT2D eigenvalue weighted by Crippen LogP contribution is -2.27. The molecule has 11 heteroatoms. The molecule has 1 saturated heterocycles. The molecular formula is C26H24ClN5O3S2. The zero-order valence-electron chi connectivity index (χ0n) is 19.7. The largest absolute Gasteiger partial charge is 0.324 e. The van der Waals surface area contributed by atoms with Crippen LogP contribution in [0.3, 0.4) is 0 Å². The number of nitrogens with one attached hydrogen (secondary N) is 1. The molecule has 0 bridgehead atoms. The van der Waals surface area contributed by atoms with Gasteiger partial charge in [0.2, 0.25) is 15.9 Å². The summed E-state index contributed by atoms with van der Waals surface area (Å²) in [6.07, 6.45) is 1.73. The van der Waals surface area contributed by atoms with Gasteiger partial charge >= 0.3 is 0 Å². The van der Waals surface area contributed by atoms with Crippen LogP contribution in [-0.4, -0.2) is 52.2 Å². The molecule has 1 fully saturated rings. The van der Waals surface area contributed by atoms with Crippen molar-refractivity contribution in [2.24, 2.45) is 0 Å². The lowest BCUT2D eigenvalue weighted by Gasteiger charge is -2.16. The molecule has 5 rings (SSSR count). The minimum Gasteiger partial charge on any atom is -0.324 e. The average Bonchev–Trinajstić information content (AvgIpc) is 3.61. The van der Waals surface area contributed by atoms with E-state index in [0.29, 0.717) is 40.3 Å². The second kappa shape index (κ2) is 11.1. The summed E-state index contributed by atoms with van der Waals surface area (Å²) in [5, 5.41) is 12.5. The number of sulfonamides is 1. The smallest absolute Gasteiger partial charge is 0.243 e. The number of carbonyl (C=O) groups excluding carboxylic acids is 1. The Morgan fingerprint density at radius 1 is 0.946 bits per heavy atom. The number of halogens is 1. The maximum Gasteiger partial charge on any atom is 0.243 e. The molecule has 1 amide bonds. The standard InChI is InChI=1S/C26H24ClN5O3S2/c27-22-13-4-5-14-23(22)28-24(33)18-36-26-30-29-25(32(26)20-10-2-1-3-11-20)19-9-8-12-21(17-19)37(34,35)31-15-6-7-16-31/h1-5,8-14,17H,6-7,15-16,18H2,(H,28,33). The number of para-hydroxylation sites is 2. The number of anilines is 1. The third-order valence-corrected chi connectivity index (χ3v) is 9.08. The van der Waals surface area contributed by atoms with Crippen molar-refractivity contribution in [2.45, 2.75) is 22.9 Å². The van der Waals surface area contributed by atoms with E-state index < -0.39 is 10.0 Å². The van der Waals surface area contributed by atoms with Gasteiger partial charge in [-0.15, -0.1) is 10.2 Å². The van der Waals surface area contributed by atoms with Crippen LogP contribution in [0.2, 0.25) is 5.02 Å². The van der Waals surface area contributed by atoms with E-state index in [0.717, 1.165) is 18.5 Å². The Bertz CT molecular complexity index is 1520. The molecule has 2 heterocycles. The minimum atomic E-state index is -3.59. The van der Waals surface area contributed by atoms with Gasteiger partial charge in [-0.1, -0.05) is 65.8 Å². The highest BCUT2D eigenvalue weighted by Gasteiger charge is 2.28. The van der Waals surface area contributed by atoms with Crippen LogP contribution in [0.5, 0.6) is 0 Å². The molecule has 0 unspecified atom stereocenters. The van der Waals surface area contributed by atoms with Gasteiger partial charge in [-0.3, -0.25) is 9.36 Å². The summed E-state index contributed by atoms with van der Waals surface area (Å²) in [6.45, 7) is 1.06. The van der Waals surface area contributed by atoms with Crippen molar-refractivity contribution in [1.29, 1.82) is 0 Å². The van der Waals surface area contributed by atoms with Crippen LogP contribution in [0.4, 0.5) is 5.69 Å². The zero-order valence-corrected chi connectivity index (χ0v) is 22.1. The Morgan fingerprint density at radius 2 is 1.68 bits per heavy atom. The Balaban J connectivity index is 1.45. The Kier molecular flexibility index (Phi) is 7.61. The van der Waals surface area contributed by atoms with Gasteiger partial charge in [0.1, 0.15) is 0 Å². The first-order valence-corrected chi connectivity index (χ1v) is 14.5. The van der Waals surface area contributed by atoms with E-state index in [-0.39, 0.29) is 16.6 Å². The zero-order chi connectivity index (χ0) is 25.8. The van der Waals surface area contributed by atoms with E-state index in [1.165, 1.54) is 16.1 Å². The van der Waals surface area contributed by atoms with Gasteiger partial charge in [0.25, 0.3) is 0 Å². The summed E-state index contributed by atoms with van der Waals surface area (Å²) >= 11 is 7.38. The highest BCUT2D eigenvalue weighted by atomic mass is 35.5. The van der Waals surface area contributed by atoms with Crippen molar-refractivity contribution in [3.63, 3.8) is 0 Å². The van der Waals surface area contributed by atoms with Gasteiger partial charge in [-0.2, -0.15) is 4.31 Å². The maximum atomic E-state index is 13.2. The highest BCUT2D eigenvalue weighted by molar-refractivity contribution is 7.99. The summed E-state index contributed by atoms with van der Waals surface area (Å²) in [4.78, 5) is 12.8. The van der Waals surface area contributed by atoms with Gasteiger partial charge in [-0.05, 0) is 49.2 Å². The van der Waals surface area contributed by atoms with Crippen molar-refractivity contribution in [3.8, 4) is 17.1 Å². The van der Waals surface area contributed by atoms with Gasteiger partial charge in [0.05, 0.1) is 21.4 Å². The maximum absolute atomic E-state index is 13.2. The van der Waals surface area contributed by atoms with Gasteiger partial charge in [-0.25, -0.2) is 8.42 Å². The Morgan fingerprint density at radius 3 is 2.43 bits per heavy atom. The molecular weight excluding hydrogens is 530 g/mol. The number of rotatable bonds is 8. The molecule has 1 aliphatic rings. The van der Waals surface area contributed by atoms with Crippen molar-refractivity contribution in [2.75, 3.05) is 24.2 Å². The summed E-state index contributed by atoms with van der Waals surface area (Å²) in [5.41, 5.74) is 1.95. The number of hydrogen-bond donors (Lipinski definition) is 1. The summed E-state index contributed by atoms with van der Waals surface area (Å²) in [7, 11) is -3.59. The second-order valence-corrected chi connectivity index (χ2v) is 11.7. The van der Waals surface area contributed by atoms with Gasteiger partial charge in [0, 0.05) is 24.3 Å². The number of aromatic nitrogens is 3. The van der Waals surface area contributed by atoms with Crippen LogP contribution in [0.15, 0.2) is 88.9 Å². The van der Waals surface area contributed by atoms with Crippen molar-refractivity contribution < 1.29 is 13.2 Å². The molecule has 4 aromatic rings. The van der Waals surface area contributed by atoms with Crippen LogP contribution >= 0.6 is 23.4 Å². The molecule has 190 valence electrons. The SMILES string of the molecule is O=C(CSc1nnc(-c2cccc(S(=O)(=O)N3CCCC3)c2)n1-c1ccccc1)Nc1ccccc1Cl. The Hall–Kier alpha value is -3.18. The summed E-state index contributed by atoms with van der Waals surface area (Å²) < 4.78 is 29.7. The first-order valence-electron chi connectivity index (χ1n) is 11.7. The number of benzene rings is 3. The molecule has 0 radical (unpaired) electrons. The topological polar surface area (TPSA) is 97.2 Å². The third-order valence-electron chi connectivity index (χ3n) is 5.92. The van der Waals surface area contributed by atoms with Crippen molar-refractivity contribution >= 4 is 45.0 Å². The second-order valence-electron chi connectivity index (χ2n) is 8.43. The third kappa shape index (κ3) is 5.57. The summed E-state index contributed by atoms with van der Waals surface area (Å²) in [6, 6.07) is 23.3. The fraction of sp³-hybridized carbons (Fsp3) is 0.192. The number of thioether (sulfide) groups is 1. The molecule has 0 atom stereocenters. The summed E-state index contributed by atoms with van der Waals surface area (Å²) in [5.74, 6) is 0.333. The lowest BCUT2D eigenvalue weighted by molar-refractivity contribution is -0.113. The molecule has 8 nitrogen and oxygen atoms in total. The van der Waals surface area contributed by atoms with Gasteiger partial charge < -0.3 is 5.32 Å². The number of carbonyl (C=O) groups is 1. The van der Waals surface area contributed by atoms with E-state index in [1.54, 1.807) is 42.5 Å². The van der Waals surface area contributed by atoms with Crippen LogP contribution in [0.1, 0.15) is 12.8 Å². The van der Waals surface area contributed by atoms with Crippen molar-refractivity contribution in [3.05, 3.63) is 83.9 Å². The lowest BCUT2D eigenvalue weighted by atomic mass is 10.2. The highest BCUT2D eigenvalue weighted by Crippen LogP contribution is 2.30. The fourth-order valence-corrected chi connectivity index (χ4v) is 6.61.